The van der Waals surface area contributed by atoms with E-state index in [1.54, 1.807) is 0 Å². The Labute approximate surface area is 165 Å². The molecule has 1 fully saturated rings. The molecule has 3 rings (SSSR count). The van der Waals surface area contributed by atoms with Gasteiger partial charge in [-0.3, -0.25) is 9.59 Å². The molecule has 148 valence electrons. The molecule has 1 saturated carbocycles. The summed E-state index contributed by atoms with van der Waals surface area (Å²) in [4.78, 5) is 23.8. The molecule has 2 atom stereocenters. The summed E-state index contributed by atoms with van der Waals surface area (Å²) >= 11 is 0. The number of carboxylic acid groups (broad SMARTS) is 1. The van der Waals surface area contributed by atoms with Crippen molar-refractivity contribution in [1.82, 2.24) is 5.32 Å². The van der Waals surface area contributed by atoms with E-state index in [0.717, 1.165) is 35.5 Å². The lowest BCUT2D eigenvalue weighted by Gasteiger charge is -2.27. The molecule has 0 heterocycles. The van der Waals surface area contributed by atoms with Crippen molar-refractivity contribution in [3.63, 3.8) is 0 Å². The number of nitrogens with one attached hydrogen (secondary N) is 1. The zero-order valence-electron chi connectivity index (χ0n) is 16.4. The molecular formula is C23H27NO4. The molecule has 2 unspecified atom stereocenters. The minimum absolute atomic E-state index is 0.164. The summed E-state index contributed by atoms with van der Waals surface area (Å²) in [6, 6.07) is 13.5. The topological polar surface area (TPSA) is 75.6 Å². The number of amides is 1. The molecule has 5 nitrogen and oxygen atoms in total. The first-order valence-electron chi connectivity index (χ1n) is 9.79. The normalized spacial score (nSPS) is 19.1. The van der Waals surface area contributed by atoms with Crippen LogP contribution in [-0.4, -0.2) is 17.0 Å². The van der Waals surface area contributed by atoms with Crippen molar-refractivity contribution < 1.29 is 19.4 Å². The Hall–Kier alpha value is -2.82. The molecule has 0 spiro atoms. The number of carbonyl (C=O) groups excluding carboxylic acids is 1. The van der Waals surface area contributed by atoms with E-state index >= 15 is 0 Å². The minimum Gasteiger partial charge on any atom is -0.481 e. The summed E-state index contributed by atoms with van der Waals surface area (Å²) in [5, 5.41) is 12.2. The van der Waals surface area contributed by atoms with E-state index in [1.807, 2.05) is 43.3 Å². The van der Waals surface area contributed by atoms with Gasteiger partial charge in [0.05, 0.1) is 11.8 Å². The summed E-state index contributed by atoms with van der Waals surface area (Å²) in [5.41, 5.74) is 3.24. The highest BCUT2D eigenvalue weighted by atomic mass is 16.5. The summed E-state index contributed by atoms with van der Waals surface area (Å²) in [6.45, 7) is 4.46. The number of carbonyl (C=O) groups is 2. The molecule has 1 amide bonds. The van der Waals surface area contributed by atoms with Crippen molar-refractivity contribution in [2.45, 2.75) is 46.1 Å². The van der Waals surface area contributed by atoms with Crippen LogP contribution in [-0.2, 0) is 16.1 Å². The number of benzene rings is 2. The summed E-state index contributed by atoms with van der Waals surface area (Å²) in [7, 11) is 0. The fourth-order valence-electron chi connectivity index (χ4n) is 3.70. The largest absolute Gasteiger partial charge is 0.481 e. The van der Waals surface area contributed by atoms with Crippen LogP contribution in [0.5, 0.6) is 11.5 Å². The van der Waals surface area contributed by atoms with Gasteiger partial charge < -0.3 is 15.2 Å². The summed E-state index contributed by atoms with van der Waals surface area (Å²) in [5.74, 6) is -0.462. The van der Waals surface area contributed by atoms with Gasteiger partial charge in [-0.2, -0.15) is 0 Å². The maximum atomic E-state index is 12.5. The van der Waals surface area contributed by atoms with E-state index in [1.165, 1.54) is 5.56 Å². The van der Waals surface area contributed by atoms with Crippen LogP contribution in [0, 0.1) is 25.7 Å². The van der Waals surface area contributed by atoms with Gasteiger partial charge in [0.2, 0.25) is 5.91 Å². The minimum atomic E-state index is -0.868. The highest BCUT2D eigenvalue weighted by molar-refractivity contribution is 5.84. The monoisotopic (exact) mass is 381 g/mol. The Bertz CT molecular complexity index is 844. The lowest BCUT2D eigenvalue weighted by Crippen LogP contribution is -2.39. The van der Waals surface area contributed by atoms with E-state index in [4.69, 9.17) is 4.74 Å². The third kappa shape index (κ3) is 4.71. The molecule has 0 aliphatic heterocycles. The Morgan fingerprint density at radius 2 is 1.71 bits per heavy atom. The first kappa shape index (κ1) is 19.9. The highest BCUT2D eigenvalue weighted by Gasteiger charge is 2.35. The van der Waals surface area contributed by atoms with Crippen LogP contribution >= 0.6 is 0 Å². The molecule has 1 aliphatic carbocycles. The second-order valence-electron chi connectivity index (χ2n) is 7.50. The van der Waals surface area contributed by atoms with Crippen molar-refractivity contribution in [1.29, 1.82) is 0 Å². The quantitative estimate of drug-likeness (QED) is 0.767. The van der Waals surface area contributed by atoms with Gasteiger partial charge in [0.15, 0.2) is 0 Å². The summed E-state index contributed by atoms with van der Waals surface area (Å²) < 4.78 is 5.95. The molecule has 0 bridgehead atoms. The second-order valence-corrected chi connectivity index (χ2v) is 7.50. The van der Waals surface area contributed by atoms with Crippen LogP contribution in [0.3, 0.4) is 0 Å². The van der Waals surface area contributed by atoms with Crippen molar-refractivity contribution in [2.75, 3.05) is 0 Å². The zero-order valence-corrected chi connectivity index (χ0v) is 16.4. The van der Waals surface area contributed by atoms with Gasteiger partial charge in [-0.15, -0.1) is 0 Å². The van der Waals surface area contributed by atoms with E-state index < -0.39 is 17.8 Å². The average molecular weight is 381 g/mol. The maximum absolute atomic E-state index is 12.5. The zero-order chi connectivity index (χ0) is 20.1. The number of rotatable bonds is 6. The van der Waals surface area contributed by atoms with Crippen molar-refractivity contribution in [2.24, 2.45) is 11.8 Å². The van der Waals surface area contributed by atoms with Crippen LogP contribution in [0.25, 0.3) is 0 Å². The van der Waals surface area contributed by atoms with Crippen LogP contribution in [0.4, 0.5) is 0 Å². The first-order chi connectivity index (χ1) is 13.5. The molecule has 2 N–H and O–H groups in total. The van der Waals surface area contributed by atoms with Crippen LogP contribution < -0.4 is 10.1 Å². The SMILES string of the molecule is Cc1cccc(Oc2ccc(CNC(=O)C3CCCCC3C(=O)O)cc2)c1C. The third-order valence-electron chi connectivity index (χ3n) is 5.59. The molecule has 0 saturated heterocycles. The smallest absolute Gasteiger partial charge is 0.307 e. The standard InChI is InChI=1S/C23H27NO4/c1-15-6-5-9-21(16(15)2)28-18-12-10-17(11-13-18)14-24-22(25)19-7-3-4-8-20(19)23(26)27/h5-6,9-13,19-20H,3-4,7-8,14H2,1-2H3,(H,24,25)(H,26,27). The average Bonchev–Trinajstić information content (AvgIpc) is 2.70. The first-order valence-corrected chi connectivity index (χ1v) is 9.79. The Morgan fingerprint density at radius 1 is 1.04 bits per heavy atom. The molecule has 28 heavy (non-hydrogen) atoms. The molecular weight excluding hydrogens is 354 g/mol. The fourth-order valence-corrected chi connectivity index (χ4v) is 3.70. The van der Waals surface area contributed by atoms with E-state index in [0.29, 0.717) is 19.4 Å². The van der Waals surface area contributed by atoms with Crippen LogP contribution in [0.1, 0.15) is 42.4 Å². The molecule has 0 radical (unpaired) electrons. The number of carboxylic acids is 1. The number of hydrogen-bond acceptors (Lipinski definition) is 3. The molecule has 5 heteroatoms. The Morgan fingerprint density at radius 3 is 2.39 bits per heavy atom. The number of ether oxygens (including phenoxy) is 1. The third-order valence-corrected chi connectivity index (χ3v) is 5.59. The number of aliphatic carboxylic acids is 1. The van der Waals surface area contributed by atoms with Gasteiger partial charge in [-0.1, -0.05) is 37.1 Å². The van der Waals surface area contributed by atoms with Gasteiger partial charge in [-0.25, -0.2) is 0 Å². The van der Waals surface area contributed by atoms with E-state index in [9.17, 15) is 14.7 Å². The van der Waals surface area contributed by atoms with Gasteiger partial charge in [0.1, 0.15) is 11.5 Å². The fraction of sp³-hybridized carbons (Fsp3) is 0.391. The lowest BCUT2D eigenvalue weighted by atomic mass is 9.78. The van der Waals surface area contributed by atoms with Gasteiger partial charge in [0.25, 0.3) is 0 Å². The Kier molecular flexibility index (Phi) is 6.34. The number of aryl methyl sites for hydroxylation is 1. The molecule has 2 aromatic rings. The Balaban J connectivity index is 1.57. The predicted octanol–water partition coefficient (Wildman–Crippen LogP) is 4.60. The van der Waals surface area contributed by atoms with Gasteiger partial charge in [-0.05, 0) is 61.6 Å². The molecule has 2 aromatic carbocycles. The number of hydrogen-bond donors (Lipinski definition) is 2. The maximum Gasteiger partial charge on any atom is 0.307 e. The van der Waals surface area contributed by atoms with Gasteiger partial charge in [0, 0.05) is 6.54 Å². The lowest BCUT2D eigenvalue weighted by molar-refractivity contribution is -0.148. The van der Waals surface area contributed by atoms with Crippen molar-refractivity contribution in [3.05, 3.63) is 59.2 Å². The van der Waals surface area contributed by atoms with Crippen LogP contribution in [0.2, 0.25) is 0 Å². The van der Waals surface area contributed by atoms with Crippen molar-refractivity contribution in [3.8, 4) is 11.5 Å². The van der Waals surface area contributed by atoms with E-state index in [-0.39, 0.29) is 5.91 Å². The molecule has 0 aromatic heterocycles. The van der Waals surface area contributed by atoms with Crippen molar-refractivity contribution >= 4 is 11.9 Å². The van der Waals surface area contributed by atoms with E-state index in [2.05, 4.69) is 18.3 Å². The summed E-state index contributed by atoms with van der Waals surface area (Å²) in [6.07, 6.45) is 3.01. The van der Waals surface area contributed by atoms with Gasteiger partial charge >= 0.3 is 5.97 Å². The second kappa shape index (κ2) is 8.91. The van der Waals surface area contributed by atoms with Crippen LogP contribution in [0.15, 0.2) is 42.5 Å². The predicted molar refractivity (Wildman–Crippen MR) is 107 cm³/mol. The highest BCUT2D eigenvalue weighted by Crippen LogP contribution is 2.31. The molecule has 1 aliphatic rings.